The Morgan fingerprint density at radius 2 is 2.15 bits per heavy atom. The maximum Gasteiger partial charge on any atom is 0.122 e. The number of amidine groups is 1. The molecular formula is C16H24ClN3. The minimum absolute atomic E-state index is 0.0624. The lowest BCUT2D eigenvalue weighted by atomic mass is 9.80. The van der Waals surface area contributed by atoms with Gasteiger partial charge in [0, 0.05) is 23.7 Å². The van der Waals surface area contributed by atoms with Gasteiger partial charge in [0.1, 0.15) is 5.84 Å². The molecule has 1 fully saturated rings. The summed E-state index contributed by atoms with van der Waals surface area (Å²) in [5, 5.41) is 8.14. The zero-order valence-electron chi connectivity index (χ0n) is 12.5. The van der Waals surface area contributed by atoms with Crippen LogP contribution in [0, 0.1) is 16.7 Å². The number of benzene rings is 1. The first kappa shape index (κ1) is 15.3. The molecule has 1 aliphatic heterocycles. The van der Waals surface area contributed by atoms with Crippen LogP contribution in [-0.2, 0) is 6.54 Å². The first-order valence-corrected chi connectivity index (χ1v) is 7.50. The molecule has 20 heavy (non-hydrogen) atoms. The molecule has 1 aliphatic rings. The molecule has 0 aromatic heterocycles. The van der Waals surface area contributed by atoms with E-state index >= 15 is 0 Å². The van der Waals surface area contributed by atoms with Crippen LogP contribution in [0.15, 0.2) is 18.2 Å². The molecule has 2 rings (SSSR count). The summed E-state index contributed by atoms with van der Waals surface area (Å²) < 4.78 is 0. The molecule has 3 N–H and O–H groups in total. The first-order chi connectivity index (χ1) is 9.27. The minimum Gasteiger partial charge on any atom is -0.384 e. The molecule has 1 saturated heterocycles. The summed E-state index contributed by atoms with van der Waals surface area (Å²) >= 11 is 6.30. The van der Waals surface area contributed by atoms with Gasteiger partial charge in [-0.15, -0.1) is 0 Å². The van der Waals surface area contributed by atoms with Crippen LogP contribution in [0.4, 0.5) is 0 Å². The van der Waals surface area contributed by atoms with Crippen LogP contribution >= 0.6 is 11.6 Å². The van der Waals surface area contributed by atoms with Gasteiger partial charge in [0.2, 0.25) is 0 Å². The van der Waals surface area contributed by atoms with Crippen molar-refractivity contribution in [1.29, 1.82) is 5.41 Å². The Kier molecular flexibility index (Phi) is 4.40. The predicted octanol–water partition coefficient (Wildman–Crippen LogP) is 3.49. The van der Waals surface area contributed by atoms with Crippen molar-refractivity contribution >= 4 is 17.4 Å². The van der Waals surface area contributed by atoms with Gasteiger partial charge in [0.05, 0.1) is 0 Å². The highest BCUT2D eigenvalue weighted by molar-refractivity contribution is 6.31. The maximum atomic E-state index is 7.43. The van der Waals surface area contributed by atoms with E-state index in [1.807, 2.05) is 12.1 Å². The van der Waals surface area contributed by atoms with Crippen LogP contribution in [0.5, 0.6) is 0 Å². The van der Waals surface area contributed by atoms with E-state index in [-0.39, 0.29) is 5.84 Å². The normalized spacial score (nSPS) is 20.3. The van der Waals surface area contributed by atoms with Gasteiger partial charge in [-0.1, -0.05) is 44.5 Å². The molecular weight excluding hydrogens is 270 g/mol. The van der Waals surface area contributed by atoms with Crippen LogP contribution in [-0.4, -0.2) is 23.8 Å². The fraction of sp³-hybridized carbons (Fsp3) is 0.562. The van der Waals surface area contributed by atoms with E-state index in [1.165, 1.54) is 6.42 Å². The molecule has 0 bridgehead atoms. The van der Waals surface area contributed by atoms with Crippen molar-refractivity contribution in [1.82, 2.24) is 4.90 Å². The van der Waals surface area contributed by atoms with Crippen molar-refractivity contribution in [2.45, 2.75) is 33.7 Å². The van der Waals surface area contributed by atoms with E-state index in [1.54, 1.807) is 6.07 Å². The third-order valence-electron chi connectivity index (χ3n) is 4.26. The molecule has 0 spiro atoms. The number of halogens is 1. The Morgan fingerprint density at radius 1 is 1.45 bits per heavy atom. The Hall–Kier alpha value is -1.06. The van der Waals surface area contributed by atoms with Crippen LogP contribution < -0.4 is 5.73 Å². The fourth-order valence-electron chi connectivity index (χ4n) is 2.77. The van der Waals surface area contributed by atoms with Gasteiger partial charge < -0.3 is 5.73 Å². The molecule has 110 valence electrons. The maximum absolute atomic E-state index is 7.43. The van der Waals surface area contributed by atoms with Crippen molar-refractivity contribution in [3.63, 3.8) is 0 Å². The van der Waals surface area contributed by atoms with Gasteiger partial charge >= 0.3 is 0 Å². The van der Waals surface area contributed by atoms with Gasteiger partial charge in [0.15, 0.2) is 0 Å². The Morgan fingerprint density at radius 3 is 2.65 bits per heavy atom. The van der Waals surface area contributed by atoms with E-state index in [9.17, 15) is 0 Å². The van der Waals surface area contributed by atoms with Crippen LogP contribution in [0.1, 0.15) is 38.3 Å². The summed E-state index contributed by atoms with van der Waals surface area (Å²) in [5.74, 6) is 0.810. The number of nitrogens with two attached hydrogens (primary N) is 1. The zero-order chi connectivity index (χ0) is 14.9. The van der Waals surface area contributed by atoms with Crippen LogP contribution in [0.3, 0.4) is 0 Å². The molecule has 1 heterocycles. The Labute approximate surface area is 126 Å². The smallest absolute Gasteiger partial charge is 0.122 e. The average molecular weight is 294 g/mol. The molecule has 1 atom stereocenters. The minimum atomic E-state index is 0.0624. The topological polar surface area (TPSA) is 53.1 Å². The monoisotopic (exact) mass is 293 g/mol. The SMILES string of the molecule is CC(C)(C)C1CCN(Cc2ccc(C(=N)N)cc2Cl)C1. The average Bonchev–Trinajstić information content (AvgIpc) is 2.80. The lowest BCUT2D eigenvalue weighted by Gasteiger charge is -2.27. The van der Waals surface area contributed by atoms with Crippen LogP contribution in [0.2, 0.25) is 5.02 Å². The third-order valence-corrected chi connectivity index (χ3v) is 4.61. The second-order valence-electron chi connectivity index (χ2n) is 6.81. The van der Waals surface area contributed by atoms with E-state index < -0.39 is 0 Å². The number of nitrogens with zero attached hydrogens (tertiary/aromatic N) is 1. The molecule has 0 amide bonds. The summed E-state index contributed by atoms with van der Waals surface area (Å²) in [6.07, 6.45) is 1.26. The zero-order valence-corrected chi connectivity index (χ0v) is 13.3. The Balaban J connectivity index is 2.03. The highest BCUT2D eigenvalue weighted by Crippen LogP contribution is 2.34. The lowest BCUT2D eigenvalue weighted by molar-refractivity contribution is 0.226. The highest BCUT2D eigenvalue weighted by atomic mass is 35.5. The Bertz CT molecular complexity index is 505. The van der Waals surface area contributed by atoms with E-state index in [0.29, 0.717) is 16.0 Å². The standard InChI is InChI=1S/C16H24ClN3/c1-16(2,3)13-6-7-20(10-13)9-12-5-4-11(15(18)19)8-14(12)17/h4-5,8,13H,6-7,9-10H2,1-3H3,(H3,18,19). The van der Waals surface area contributed by atoms with Crippen molar-refractivity contribution < 1.29 is 0 Å². The largest absolute Gasteiger partial charge is 0.384 e. The lowest BCUT2D eigenvalue weighted by Crippen LogP contribution is -2.25. The summed E-state index contributed by atoms with van der Waals surface area (Å²) in [6.45, 7) is 10.1. The molecule has 1 unspecified atom stereocenters. The van der Waals surface area contributed by atoms with Gasteiger partial charge in [-0.3, -0.25) is 10.3 Å². The van der Waals surface area contributed by atoms with Crippen molar-refractivity contribution in [3.8, 4) is 0 Å². The number of nitrogen functional groups attached to an aromatic ring is 1. The number of rotatable bonds is 3. The number of likely N-dealkylation sites (tertiary alicyclic amines) is 1. The summed E-state index contributed by atoms with van der Waals surface area (Å²) in [5.41, 5.74) is 7.65. The van der Waals surface area contributed by atoms with E-state index in [2.05, 4.69) is 25.7 Å². The van der Waals surface area contributed by atoms with Crippen molar-refractivity contribution in [3.05, 3.63) is 34.3 Å². The van der Waals surface area contributed by atoms with Gasteiger partial charge in [0.25, 0.3) is 0 Å². The molecule has 0 aliphatic carbocycles. The molecule has 4 heteroatoms. The second kappa shape index (κ2) is 5.74. The molecule has 0 saturated carbocycles. The molecule has 3 nitrogen and oxygen atoms in total. The summed E-state index contributed by atoms with van der Waals surface area (Å²) in [6, 6.07) is 5.65. The number of nitrogens with one attached hydrogen (secondary N) is 1. The number of hydrogen-bond donors (Lipinski definition) is 2. The van der Waals surface area contributed by atoms with E-state index in [0.717, 1.165) is 31.1 Å². The summed E-state index contributed by atoms with van der Waals surface area (Å²) in [4.78, 5) is 2.46. The second-order valence-corrected chi connectivity index (χ2v) is 7.21. The van der Waals surface area contributed by atoms with Gasteiger partial charge in [-0.25, -0.2) is 0 Å². The fourth-order valence-corrected chi connectivity index (χ4v) is 3.01. The predicted molar refractivity (Wildman–Crippen MR) is 85.3 cm³/mol. The highest BCUT2D eigenvalue weighted by Gasteiger charge is 2.31. The molecule has 0 radical (unpaired) electrons. The third kappa shape index (κ3) is 3.53. The molecule has 1 aromatic carbocycles. The van der Waals surface area contributed by atoms with Crippen molar-refractivity contribution in [2.24, 2.45) is 17.1 Å². The summed E-state index contributed by atoms with van der Waals surface area (Å²) in [7, 11) is 0. The quantitative estimate of drug-likeness (QED) is 0.662. The van der Waals surface area contributed by atoms with Gasteiger partial charge in [-0.2, -0.15) is 0 Å². The first-order valence-electron chi connectivity index (χ1n) is 7.12. The van der Waals surface area contributed by atoms with Crippen molar-refractivity contribution in [2.75, 3.05) is 13.1 Å². The molecule has 1 aromatic rings. The number of hydrogen-bond acceptors (Lipinski definition) is 2. The van der Waals surface area contributed by atoms with Crippen LogP contribution in [0.25, 0.3) is 0 Å². The van der Waals surface area contributed by atoms with E-state index in [4.69, 9.17) is 22.7 Å². The van der Waals surface area contributed by atoms with Gasteiger partial charge in [-0.05, 0) is 35.9 Å².